The number of benzene rings is 4. The molecule has 8 aliphatic heterocycles. The number of piperidine rings is 4. The van der Waals surface area contributed by atoms with E-state index < -0.39 is 450 Å². The normalized spacial score (nSPS) is 48.6. The van der Waals surface area contributed by atoms with Crippen molar-refractivity contribution in [1.29, 1.82) is 0 Å². The summed E-state index contributed by atoms with van der Waals surface area (Å²) >= 11 is 0. The number of fused-ring (bicyclic) bond motifs is 12. The maximum atomic E-state index is 13.4. The lowest BCUT2D eigenvalue weighted by Crippen LogP contribution is -2.51. The van der Waals surface area contributed by atoms with Crippen molar-refractivity contribution in [3.05, 3.63) is 92.9 Å². The number of nitrogens with zero attached hydrogens (tertiary/aromatic N) is 4. The highest BCUT2D eigenvalue weighted by Crippen LogP contribution is 2.50. The number of aryl methyl sites for hydroxylation is 2. The van der Waals surface area contributed by atoms with Gasteiger partial charge >= 0.3 is 23.9 Å². The molecule has 4 aromatic carbocycles. The number of carbonyl (C=O) groups excluding carboxylic acids is 4. The summed E-state index contributed by atoms with van der Waals surface area (Å²) < 4.78 is 707. The van der Waals surface area contributed by atoms with Gasteiger partial charge in [-0.25, -0.2) is 0 Å². The molecule has 0 bridgehead atoms. The molecule has 120 heavy (non-hydrogen) atoms. The van der Waals surface area contributed by atoms with Gasteiger partial charge in [-0.05, 0) is 191 Å². The predicted molar refractivity (Wildman–Crippen MR) is 471 cm³/mol. The zero-order chi connectivity index (χ0) is 153. The van der Waals surface area contributed by atoms with Crippen molar-refractivity contribution in [3.63, 3.8) is 0 Å². The maximum Gasteiger partial charge on any atom is 0.323 e. The molecule has 8 heterocycles. The van der Waals surface area contributed by atoms with E-state index in [2.05, 4.69) is 0 Å². The summed E-state index contributed by atoms with van der Waals surface area (Å²) in [5.74, 6) is -46.1. The van der Waals surface area contributed by atoms with E-state index in [0.29, 0.717) is 39.8 Å². The van der Waals surface area contributed by atoms with Gasteiger partial charge in [0.05, 0.1) is 75.9 Å². The molecule has 20 atom stereocenters. The fourth-order valence-corrected chi connectivity index (χ4v) is 11.3. The Morgan fingerprint density at radius 3 is 1.01 bits per heavy atom. The van der Waals surface area contributed by atoms with Crippen LogP contribution in [0.4, 0.5) is 0 Å². The van der Waals surface area contributed by atoms with E-state index in [1.165, 1.54) is 55.4 Å². The Balaban J connectivity index is 0.000000281. The third-order valence-electron chi connectivity index (χ3n) is 17.9. The van der Waals surface area contributed by atoms with Gasteiger partial charge in [0.25, 0.3) is 0 Å². The van der Waals surface area contributed by atoms with Gasteiger partial charge in [-0.1, -0.05) is 110 Å². The van der Waals surface area contributed by atoms with Crippen LogP contribution in [0.1, 0.15) is 332 Å². The van der Waals surface area contributed by atoms with Crippen molar-refractivity contribution in [3.8, 4) is 46.0 Å². The molecule has 672 valence electrons. The molecule has 12 rings (SSSR count). The molecule has 4 saturated heterocycles. The van der Waals surface area contributed by atoms with Crippen LogP contribution in [0, 0.1) is 70.8 Å². The van der Waals surface area contributed by atoms with Crippen LogP contribution in [-0.2, 0) is 63.6 Å². The molecule has 0 aromatic heterocycles. The molecule has 4 fully saturated rings. The van der Waals surface area contributed by atoms with Gasteiger partial charge in [0.2, 0.25) is 0 Å². The van der Waals surface area contributed by atoms with Crippen LogP contribution in [0.5, 0.6) is 46.0 Å². The number of rotatable bonds is 28. The summed E-state index contributed by atoms with van der Waals surface area (Å²) in [6.45, 7) is -34.5. The fourth-order valence-electron chi connectivity index (χ4n) is 11.3. The summed E-state index contributed by atoms with van der Waals surface area (Å²) in [5.41, 5.74) is 15.7. The first-order valence-electron chi connectivity index (χ1n) is 73.8. The smallest absolute Gasteiger partial charge is 0.323 e. The van der Waals surface area contributed by atoms with Crippen LogP contribution in [0.25, 0.3) is 0 Å². The Bertz CT molecular complexity index is 7660. The van der Waals surface area contributed by atoms with Crippen LogP contribution < -0.4 is 60.8 Å². The summed E-state index contributed by atoms with van der Waals surface area (Å²) in [6.07, 6.45) is -61.9. The molecule has 8 aliphatic rings. The first-order chi connectivity index (χ1) is 85.4. The van der Waals surface area contributed by atoms with Gasteiger partial charge in [0.1, 0.15) is 48.5 Å². The average molecular weight is 1750 g/mol. The molecule has 16 unspecified atom stereocenters. The maximum absolute atomic E-state index is 13.4. The van der Waals surface area contributed by atoms with E-state index >= 15 is 0 Å². The van der Waals surface area contributed by atoms with E-state index in [1.54, 1.807) is 0 Å². The standard InChI is InChI=1S/4C24H38N2O4/c4*1-14(2)9-17-13-26-8-7-16-10-21(28-5)22(29-6)11-18(16)19(26)12-20(17)30-24(27)23(25)15(3)4/h4*10-11,14-15,17,19-20,23H,7-9,12-13,25H2,1-6H3/t4*17?,19?,20?,23-/m0000/s1/i1D3,5D3,7D2,8D2,9D2,12D2,13D2,14D,17D,19D,20D;1D3,5D3,7D2,8D2,9D2,10D,11D,12D2,13D2,14D,17D;1D3,7D2,8D2,9D2,12D2,13D2,14D,17D,19D,20D;1D3,7D2,8D2,9D2,10D,11D,12D2,13D2,14D,17D/t4*14?,17?,19?,20?,23-. The Labute approximate surface area is 822 Å². The molecular formula is C96H152N8O16. The van der Waals surface area contributed by atoms with Crippen LogP contribution in [0.3, 0.4) is 0 Å². The number of ether oxygens (including phenoxy) is 12. The van der Waals surface area contributed by atoms with Crippen molar-refractivity contribution < 1.29 is 177 Å². The largest absolute Gasteiger partial charge is 0.493 e. The Morgan fingerprint density at radius 1 is 0.392 bits per heavy atom. The van der Waals surface area contributed by atoms with Gasteiger partial charge < -0.3 is 79.8 Å². The van der Waals surface area contributed by atoms with Crippen molar-refractivity contribution in [2.75, 3.05) is 109 Å². The number of nitrogens with two attached hydrogens (primary N) is 4. The Kier molecular flexibility index (Phi) is 13.6. The van der Waals surface area contributed by atoms with Crippen molar-refractivity contribution in [2.24, 2.45) is 93.8 Å². The zero-order valence-electron chi connectivity index (χ0n) is 143. The lowest BCUT2D eigenvalue weighted by molar-refractivity contribution is -0.161. The van der Waals surface area contributed by atoms with Gasteiger partial charge in [-0.15, -0.1) is 0 Å². The van der Waals surface area contributed by atoms with Gasteiger partial charge in [0.15, 0.2) is 46.0 Å². The minimum absolute atomic E-state index is 0.168. The van der Waals surface area contributed by atoms with E-state index in [4.69, 9.17) is 148 Å². The molecule has 0 amide bonds. The lowest BCUT2D eigenvalue weighted by atomic mass is 9.79. The second-order valence-corrected chi connectivity index (χ2v) is 28.2. The molecular weight excluding hydrogens is 1520 g/mol. The quantitative estimate of drug-likeness (QED) is 0.0303. The molecule has 8 N–H and O–H groups in total. The first kappa shape index (κ1) is 37.2. The van der Waals surface area contributed by atoms with Crippen LogP contribution in [0.2, 0.25) is 0 Å². The number of esters is 4. The predicted octanol–water partition coefficient (Wildman–Crippen LogP) is 14.3. The molecule has 4 aromatic rings. The highest BCUT2D eigenvalue weighted by Gasteiger charge is 2.47. The van der Waals surface area contributed by atoms with E-state index in [1.807, 2.05) is 0 Å². The molecule has 0 aliphatic carbocycles. The number of hydrogen-bond donors (Lipinski definition) is 4. The second kappa shape index (κ2) is 43.9. The second-order valence-electron chi connectivity index (χ2n) is 28.2. The highest BCUT2D eigenvalue weighted by molar-refractivity contribution is 5.77. The first-order valence-corrected chi connectivity index (χ1v) is 36.8. The lowest BCUT2D eigenvalue weighted by Gasteiger charge is -2.47. The van der Waals surface area contributed by atoms with Gasteiger partial charge in [-0.3, -0.25) is 38.8 Å². The number of hydrogen-bond acceptors (Lipinski definition) is 24. The van der Waals surface area contributed by atoms with Crippen LogP contribution in [0.15, 0.2) is 48.4 Å². The molecule has 0 saturated carbocycles. The van der Waals surface area contributed by atoms with E-state index in [-0.39, 0.29) is 21.3 Å². The van der Waals surface area contributed by atoms with Crippen LogP contribution >= 0.6 is 0 Å². The van der Waals surface area contributed by atoms with Gasteiger partial charge in [0, 0.05) is 207 Å². The summed E-state index contributed by atoms with van der Waals surface area (Å²) in [6, 6.07) is -20.9. The molecule has 0 spiro atoms. The van der Waals surface area contributed by atoms with Crippen LogP contribution in [-0.4, -0.2) is 201 Å². The third-order valence-corrected chi connectivity index (χ3v) is 17.9. The third kappa shape index (κ3) is 23.8. The van der Waals surface area contributed by atoms with Gasteiger partial charge in [-0.2, -0.15) is 0 Å². The molecule has 24 nitrogen and oxygen atoms in total. The van der Waals surface area contributed by atoms with Crippen molar-refractivity contribution >= 4 is 23.9 Å². The SMILES string of the molecule is [2H]C([2H])([2H])C([2H])(C)C([2H])([2H])C1([2H])C([2H])([2H])N2C([2H])([2H])C([2H])([2H])c3cc(OC)c(OC)cc3C2([2H])C([2H])([2H])C1([2H])OC(=O)[C@@H](N)C(C)C.[2H]C([2H])([2H])Oc1cc2c(cc1OC)C1([2H])N(C([2H])([2H])C2([2H])[2H])C([2H])([2H])C([2H])(C([2H])([2H])C([2H])(C)C([2H])([2H])[2H])C([2H])(OC(=O)[C@@H](N)C(C)C)C1([2H])[2H].[2H]c1c(OC)c(OC([2H])([2H])[2H])c([2H])c2c1C1N(C([2H])([2H])C2([2H])[2H])C([2H])([2H])C([2H])(C([2H])([2H])C([2H])(C)C([2H])([2H])[2H])C(OC(=O)[C@@H](N)C(C)C)C1([2H])[2H].[2H]c1c(OC)c(OC)c([2H])c2c1C1N(C([2H])([2H])C2([2H])[2H])C([2H])([2H])C([2H])(C([2H])([2H])C([2H])(C)C([2H])([2H])[2H])C(OC(=O)[C@@H](N)C(C)C)C1([2H])[2H]. The number of carbonyl (C=O) groups is 4. The van der Waals surface area contributed by atoms with Crippen molar-refractivity contribution in [1.82, 2.24) is 19.6 Å². The Morgan fingerprint density at radius 2 is 0.675 bits per heavy atom. The average Bonchev–Trinajstić information content (AvgIpc) is 0.619. The topological polar surface area (TPSA) is 296 Å². The zero-order valence-corrected chi connectivity index (χ0v) is 68.9. The summed E-state index contributed by atoms with van der Waals surface area (Å²) in [7, 11) is -0.395. The minimum atomic E-state index is -4.58. The summed E-state index contributed by atoms with van der Waals surface area (Å²) in [5, 5.41) is 0. The van der Waals surface area contributed by atoms with E-state index in [0.717, 1.165) is 54.8 Å². The monoisotopic (exact) mass is 1750 g/mol. The molecule has 24 heteroatoms. The number of methoxy groups -OCH3 is 8. The van der Waals surface area contributed by atoms with Crippen molar-refractivity contribution in [2.45, 2.75) is 260 Å². The minimum Gasteiger partial charge on any atom is -0.493 e. The Hall–Kier alpha value is -7.16. The fraction of sp³-hybridized carbons (Fsp3) is 0.708. The molecule has 0 radical (unpaired) electrons. The highest BCUT2D eigenvalue weighted by atomic mass is 16.6. The summed E-state index contributed by atoms with van der Waals surface area (Å²) in [4.78, 5) is 52.1. The van der Waals surface area contributed by atoms with E-state index in [9.17, 15) is 52.1 Å².